The molecule has 0 N–H and O–H groups in total. The van der Waals surface area contributed by atoms with Gasteiger partial charge in [-0.15, -0.1) is 0 Å². The summed E-state index contributed by atoms with van der Waals surface area (Å²) in [6, 6.07) is 7.95. The highest BCUT2D eigenvalue weighted by Crippen LogP contribution is 2.37. The molecule has 0 bridgehead atoms. The second kappa shape index (κ2) is 4.97. The van der Waals surface area contributed by atoms with E-state index in [1.165, 1.54) is 0 Å². The molecule has 4 nitrogen and oxygen atoms in total. The van der Waals surface area contributed by atoms with E-state index in [0.29, 0.717) is 0 Å². The molecule has 0 saturated carbocycles. The second-order valence-electron chi connectivity index (χ2n) is 6.24. The monoisotopic (exact) mass is 348 g/mol. The van der Waals surface area contributed by atoms with Crippen molar-refractivity contribution >= 4 is 28.5 Å². The minimum absolute atomic E-state index is 0.336. The number of benzene rings is 1. The molecule has 21 heavy (non-hydrogen) atoms. The van der Waals surface area contributed by atoms with Crippen molar-refractivity contribution in [1.29, 1.82) is 0 Å². The van der Waals surface area contributed by atoms with E-state index in [1.54, 1.807) is 6.20 Å². The van der Waals surface area contributed by atoms with Gasteiger partial charge in [0.15, 0.2) is 0 Å². The fourth-order valence-electron chi connectivity index (χ4n) is 2.24. The first-order chi connectivity index (χ1) is 9.80. The molecule has 1 fully saturated rings. The van der Waals surface area contributed by atoms with Crippen molar-refractivity contribution in [3.8, 4) is 5.69 Å². The molecule has 2 heterocycles. The standard InChI is InChI=1S/C15H18BBrN2O2/c1-14(2)15(3,4)21-16(20-14)12-7-6-11(10-13(12)17)19-9-5-8-18-19/h5-10H,1-4H3. The molecule has 1 aliphatic rings. The first kappa shape index (κ1) is 14.8. The van der Waals surface area contributed by atoms with E-state index in [2.05, 4.69) is 48.7 Å². The van der Waals surface area contributed by atoms with Gasteiger partial charge in [0, 0.05) is 16.9 Å². The number of hydrogen-bond donors (Lipinski definition) is 0. The lowest BCUT2D eigenvalue weighted by Crippen LogP contribution is -2.41. The van der Waals surface area contributed by atoms with Gasteiger partial charge in [0.25, 0.3) is 0 Å². The average molecular weight is 349 g/mol. The number of hydrogen-bond acceptors (Lipinski definition) is 3. The third-order valence-electron chi connectivity index (χ3n) is 4.26. The molecule has 1 aliphatic heterocycles. The summed E-state index contributed by atoms with van der Waals surface area (Å²) >= 11 is 3.62. The van der Waals surface area contributed by atoms with Gasteiger partial charge in [-0.1, -0.05) is 22.0 Å². The maximum Gasteiger partial charge on any atom is 0.495 e. The lowest BCUT2D eigenvalue weighted by atomic mass is 9.79. The van der Waals surface area contributed by atoms with E-state index in [-0.39, 0.29) is 18.3 Å². The minimum Gasteiger partial charge on any atom is -0.399 e. The summed E-state index contributed by atoms with van der Waals surface area (Å²) in [6.07, 6.45) is 3.67. The smallest absolute Gasteiger partial charge is 0.399 e. The maximum absolute atomic E-state index is 6.09. The predicted molar refractivity (Wildman–Crippen MR) is 87.0 cm³/mol. The third-order valence-corrected chi connectivity index (χ3v) is 4.95. The molecule has 110 valence electrons. The summed E-state index contributed by atoms with van der Waals surface area (Å²) in [5.74, 6) is 0. The van der Waals surface area contributed by atoms with Crippen molar-refractivity contribution in [2.24, 2.45) is 0 Å². The molecule has 1 aromatic carbocycles. The Morgan fingerprint density at radius 2 is 1.81 bits per heavy atom. The van der Waals surface area contributed by atoms with E-state index >= 15 is 0 Å². The van der Waals surface area contributed by atoms with E-state index in [4.69, 9.17) is 9.31 Å². The van der Waals surface area contributed by atoms with E-state index in [1.807, 2.05) is 35.1 Å². The Morgan fingerprint density at radius 1 is 1.14 bits per heavy atom. The van der Waals surface area contributed by atoms with Crippen LogP contribution < -0.4 is 5.46 Å². The molecule has 1 saturated heterocycles. The van der Waals surface area contributed by atoms with Gasteiger partial charge in [0.05, 0.1) is 16.9 Å². The Labute approximate surface area is 133 Å². The Morgan fingerprint density at radius 3 is 2.33 bits per heavy atom. The van der Waals surface area contributed by atoms with Crippen LogP contribution in [0.3, 0.4) is 0 Å². The lowest BCUT2D eigenvalue weighted by Gasteiger charge is -2.32. The molecular weight excluding hydrogens is 331 g/mol. The molecule has 0 amide bonds. The van der Waals surface area contributed by atoms with Gasteiger partial charge in [-0.3, -0.25) is 0 Å². The van der Waals surface area contributed by atoms with Crippen LogP contribution in [0.25, 0.3) is 5.69 Å². The molecular formula is C15H18BBrN2O2. The van der Waals surface area contributed by atoms with Gasteiger partial charge >= 0.3 is 7.12 Å². The van der Waals surface area contributed by atoms with Crippen molar-refractivity contribution in [3.63, 3.8) is 0 Å². The summed E-state index contributed by atoms with van der Waals surface area (Å²) in [4.78, 5) is 0. The van der Waals surface area contributed by atoms with E-state index in [9.17, 15) is 0 Å². The molecule has 0 atom stereocenters. The average Bonchev–Trinajstić information content (AvgIpc) is 2.96. The van der Waals surface area contributed by atoms with E-state index < -0.39 is 0 Å². The second-order valence-corrected chi connectivity index (χ2v) is 7.10. The summed E-state index contributed by atoms with van der Waals surface area (Å²) in [5.41, 5.74) is 1.31. The van der Waals surface area contributed by atoms with Crippen LogP contribution in [-0.4, -0.2) is 28.1 Å². The summed E-state index contributed by atoms with van der Waals surface area (Å²) < 4.78 is 14.9. The van der Waals surface area contributed by atoms with Crippen LogP contribution in [0.4, 0.5) is 0 Å². The molecule has 0 radical (unpaired) electrons. The Kier molecular flexibility index (Phi) is 3.51. The van der Waals surface area contributed by atoms with Gasteiger partial charge in [-0.25, -0.2) is 4.68 Å². The summed E-state index contributed by atoms with van der Waals surface area (Å²) in [7, 11) is -0.365. The largest absolute Gasteiger partial charge is 0.495 e. The highest BCUT2D eigenvalue weighted by molar-refractivity contribution is 9.10. The Hall–Kier alpha value is -1.11. The Bertz CT molecular complexity index is 640. The maximum atomic E-state index is 6.09. The van der Waals surface area contributed by atoms with Gasteiger partial charge in [0.2, 0.25) is 0 Å². The van der Waals surface area contributed by atoms with Crippen LogP contribution in [0.2, 0.25) is 0 Å². The lowest BCUT2D eigenvalue weighted by molar-refractivity contribution is 0.00578. The first-order valence-electron chi connectivity index (χ1n) is 6.95. The van der Waals surface area contributed by atoms with Crippen molar-refractivity contribution in [1.82, 2.24) is 9.78 Å². The van der Waals surface area contributed by atoms with Crippen LogP contribution >= 0.6 is 15.9 Å². The third kappa shape index (κ3) is 2.56. The summed E-state index contributed by atoms with van der Waals surface area (Å²) in [5, 5.41) is 4.23. The molecule has 0 unspecified atom stereocenters. The normalized spacial score (nSPS) is 20.0. The van der Waals surface area contributed by atoms with Crippen molar-refractivity contribution in [2.75, 3.05) is 0 Å². The van der Waals surface area contributed by atoms with Gasteiger partial charge in [0.1, 0.15) is 0 Å². The van der Waals surface area contributed by atoms with Gasteiger partial charge in [-0.05, 0) is 51.4 Å². The molecule has 1 aromatic heterocycles. The highest BCUT2D eigenvalue weighted by atomic mass is 79.9. The zero-order valence-electron chi connectivity index (χ0n) is 12.6. The van der Waals surface area contributed by atoms with Crippen LogP contribution in [0.5, 0.6) is 0 Å². The van der Waals surface area contributed by atoms with Crippen LogP contribution in [-0.2, 0) is 9.31 Å². The number of halogens is 1. The fraction of sp³-hybridized carbons (Fsp3) is 0.400. The van der Waals surface area contributed by atoms with Crippen LogP contribution in [0.1, 0.15) is 27.7 Å². The Balaban J connectivity index is 1.91. The van der Waals surface area contributed by atoms with Crippen molar-refractivity contribution in [2.45, 2.75) is 38.9 Å². The molecule has 6 heteroatoms. The first-order valence-corrected chi connectivity index (χ1v) is 7.75. The molecule has 2 aromatic rings. The molecule has 0 spiro atoms. The number of rotatable bonds is 2. The minimum atomic E-state index is -0.365. The van der Waals surface area contributed by atoms with Gasteiger partial charge < -0.3 is 9.31 Å². The topological polar surface area (TPSA) is 36.3 Å². The zero-order valence-corrected chi connectivity index (χ0v) is 14.2. The number of aromatic nitrogens is 2. The van der Waals surface area contributed by atoms with Crippen LogP contribution in [0, 0.1) is 0 Å². The molecule has 3 rings (SSSR count). The van der Waals surface area contributed by atoms with E-state index in [0.717, 1.165) is 15.6 Å². The quantitative estimate of drug-likeness (QED) is 0.783. The summed E-state index contributed by atoms with van der Waals surface area (Å²) in [6.45, 7) is 8.22. The van der Waals surface area contributed by atoms with Crippen molar-refractivity contribution in [3.05, 3.63) is 41.1 Å². The van der Waals surface area contributed by atoms with Gasteiger partial charge in [-0.2, -0.15) is 5.10 Å². The SMILES string of the molecule is CC1(C)OB(c2ccc(-n3cccn3)cc2Br)OC1(C)C. The van der Waals surface area contributed by atoms with Crippen molar-refractivity contribution < 1.29 is 9.31 Å². The number of nitrogens with zero attached hydrogens (tertiary/aromatic N) is 2. The highest BCUT2D eigenvalue weighted by Gasteiger charge is 2.52. The predicted octanol–water partition coefficient (Wildman–Crippen LogP) is 2.93. The zero-order chi connectivity index (χ0) is 15.3. The molecule has 0 aliphatic carbocycles. The fourth-order valence-corrected chi connectivity index (χ4v) is 2.79. The van der Waals surface area contributed by atoms with Crippen LogP contribution in [0.15, 0.2) is 41.1 Å².